The summed E-state index contributed by atoms with van der Waals surface area (Å²) in [5, 5.41) is 2.02. The molecule has 0 aliphatic carbocycles. The number of carbonyl (C=O) groups excluding carboxylic acids is 1. The summed E-state index contributed by atoms with van der Waals surface area (Å²) < 4.78 is 0. The predicted octanol–water partition coefficient (Wildman–Crippen LogP) is 2.73. The highest BCUT2D eigenvalue weighted by molar-refractivity contribution is 7.10. The molecule has 1 N–H and O–H groups in total. The predicted molar refractivity (Wildman–Crippen MR) is 79.9 cm³/mol. The number of imidazole rings is 1. The minimum Gasteiger partial charge on any atom is -0.346 e. The van der Waals surface area contributed by atoms with Gasteiger partial charge in [0.05, 0.1) is 6.42 Å². The van der Waals surface area contributed by atoms with E-state index in [4.69, 9.17) is 0 Å². The molecule has 1 amide bonds. The summed E-state index contributed by atoms with van der Waals surface area (Å²) in [6, 6.07) is 4.03. The van der Waals surface area contributed by atoms with Gasteiger partial charge in [0.2, 0.25) is 5.91 Å². The fourth-order valence-electron chi connectivity index (χ4n) is 2.74. The van der Waals surface area contributed by atoms with Gasteiger partial charge in [-0.2, -0.15) is 0 Å². The number of nitrogens with one attached hydrogen (secondary N) is 1. The van der Waals surface area contributed by atoms with Crippen LogP contribution < -0.4 is 0 Å². The molecule has 3 heterocycles. The lowest BCUT2D eigenvalue weighted by molar-refractivity contribution is -0.131. The van der Waals surface area contributed by atoms with Crippen molar-refractivity contribution in [2.45, 2.75) is 32.1 Å². The molecule has 4 nitrogen and oxygen atoms in total. The number of piperidine rings is 1. The molecule has 1 atom stereocenters. The van der Waals surface area contributed by atoms with E-state index in [9.17, 15) is 4.79 Å². The third kappa shape index (κ3) is 2.93. The van der Waals surface area contributed by atoms with Gasteiger partial charge in [0.1, 0.15) is 5.82 Å². The molecule has 1 aliphatic rings. The highest BCUT2D eigenvalue weighted by atomic mass is 32.1. The molecule has 3 rings (SSSR count). The van der Waals surface area contributed by atoms with Crippen LogP contribution >= 0.6 is 11.3 Å². The van der Waals surface area contributed by atoms with E-state index in [1.54, 1.807) is 11.3 Å². The van der Waals surface area contributed by atoms with Gasteiger partial charge in [-0.25, -0.2) is 4.98 Å². The Hall–Kier alpha value is -1.62. The van der Waals surface area contributed by atoms with Gasteiger partial charge in [-0.3, -0.25) is 4.79 Å². The maximum Gasteiger partial charge on any atom is 0.227 e. The van der Waals surface area contributed by atoms with Gasteiger partial charge in [-0.1, -0.05) is 6.07 Å². The molecule has 0 unspecified atom stereocenters. The normalized spacial score (nSPS) is 19.2. The number of amides is 1. The van der Waals surface area contributed by atoms with E-state index >= 15 is 0 Å². The minimum atomic E-state index is 0.237. The molecule has 1 aliphatic heterocycles. The minimum absolute atomic E-state index is 0.237. The third-order valence-corrected chi connectivity index (χ3v) is 4.67. The van der Waals surface area contributed by atoms with Crippen LogP contribution in [0.4, 0.5) is 0 Å². The Morgan fingerprint density at radius 2 is 2.50 bits per heavy atom. The lowest BCUT2D eigenvalue weighted by atomic mass is 9.97. The molecule has 0 saturated carbocycles. The maximum absolute atomic E-state index is 12.3. The second-order valence-corrected chi connectivity index (χ2v) is 6.42. The summed E-state index contributed by atoms with van der Waals surface area (Å²) in [6.45, 7) is 3.68. The van der Waals surface area contributed by atoms with E-state index in [-0.39, 0.29) is 5.91 Å². The number of nitrogens with zero attached hydrogens (tertiary/aromatic N) is 2. The van der Waals surface area contributed by atoms with Gasteiger partial charge in [0, 0.05) is 35.8 Å². The van der Waals surface area contributed by atoms with Crippen LogP contribution in [0.15, 0.2) is 23.7 Å². The van der Waals surface area contributed by atoms with Gasteiger partial charge < -0.3 is 9.88 Å². The van der Waals surface area contributed by atoms with Crippen LogP contribution in [0.25, 0.3) is 0 Å². The number of rotatable bonds is 3. The molecular formula is C15H19N3OS. The molecule has 2 aromatic heterocycles. The van der Waals surface area contributed by atoms with Gasteiger partial charge in [-0.05, 0) is 31.2 Å². The Bertz CT molecular complexity index is 576. The number of thiophene rings is 1. The first-order valence-corrected chi connectivity index (χ1v) is 7.92. The monoisotopic (exact) mass is 289 g/mol. The molecule has 0 radical (unpaired) electrons. The van der Waals surface area contributed by atoms with Crippen molar-refractivity contribution in [3.05, 3.63) is 40.1 Å². The van der Waals surface area contributed by atoms with Crippen molar-refractivity contribution in [1.82, 2.24) is 14.9 Å². The number of hydrogen-bond acceptors (Lipinski definition) is 3. The molecule has 1 saturated heterocycles. The standard InChI is InChI=1S/C15H19N3OS/c1-11-9-16-15(17-11)12-4-2-6-18(10-12)14(19)8-13-5-3-7-20-13/h3,5,7,9,12H,2,4,6,8,10H2,1H3,(H,16,17)/t12-/m1/s1. The van der Waals surface area contributed by atoms with Crippen molar-refractivity contribution >= 4 is 17.2 Å². The SMILES string of the molecule is Cc1cnc([C@@H]2CCCN(C(=O)Cc3cccs3)C2)[nH]1. The molecule has 20 heavy (non-hydrogen) atoms. The van der Waals surface area contributed by atoms with Crippen LogP contribution in [-0.4, -0.2) is 33.9 Å². The third-order valence-electron chi connectivity index (χ3n) is 3.79. The Morgan fingerprint density at radius 3 is 3.20 bits per heavy atom. The van der Waals surface area contributed by atoms with E-state index in [0.29, 0.717) is 12.3 Å². The van der Waals surface area contributed by atoms with E-state index in [0.717, 1.165) is 42.3 Å². The number of carbonyl (C=O) groups is 1. The molecular weight excluding hydrogens is 270 g/mol. The van der Waals surface area contributed by atoms with Crippen LogP contribution in [0.1, 0.15) is 35.2 Å². The summed E-state index contributed by atoms with van der Waals surface area (Å²) in [4.78, 5) is 23.2. The van der Waals surface area contributed by atoms with E-state index in [1.807, 2.05) is 35.5 Å². The van der Waals surface area contributed by atoms with Crippen LogP contribution in [0.2, 0.25) is 0 Å². The van der Waals surface area contributed by atoms with Crippen molar-refractivity contribution in [3.63, 3.8) is 0 Å². The number of likely N-dealkylation sites (tertiary alicyclic amines) is 1. The summed E-state index contributed by atoms with van der Waals surface area (Å²) in [5.74, 6) is 1.61. The number of hydrogen-bond donors (Lipinski definition) is 1. The first kappa shape index (κ1) is 13.4. The van der Waals surface area contributed by atoms with Crippen molar-refractivity contribution < 1.29 is 4.79 Å². The van der Waals surface area contributed by atoms with E-state index < -0.39 is 0 Å². The van der Waals surface area contributed by atoms with Crippen LogP contribution in [-0.2, 0) is 11.2 Å². The Balaban J connectivity index is 1.64. The first-order chi connectivity index (χ1) is 9.72. The highest BCUT2D eigenvalue weighted by Crippen LogP contribution is 2.25. The lowest BCUT2D eigenvalue weighted by Gasteiger charge is -2.31. The fourth-order valence-corrected chi connectivity index (χ4v) is 3.44. The fraction of sp³-hybridized carbons (Fsp3) is 0.467. The smallest absolute Gasteiger partial charge is 0.227 e. The Labute approximate surface area is 122 Å². The van der Waals surface area contributed by atoms with Crippen molar-refractivity contribution in [3.8, 4) is 0 Å². The summed E-state index contributed by atoms with van der Waals surface area (Å²) >= 11 is 1.65. The molecule has 106 valence electrons. The van der Waals surface area contributed by atoms with Gasteiger partial charge in [0.15, 0.2) is 0 Å². The zero-order chi connectivity index (χ0) is 13.9. The average Bonchev–Trinajstić information content (AvgIpc) is 3.10. The quantitative estimate of drug-likeness (QED) is 0.944. The number of aromatic nitrogens is 2. The highest BCUT2D eigenvalue weighted by Gasteiger charge is 2.26. The Morgan fingerprint density at radius 1 is 1.60 bits per heavy atom. The topological polar surface area (TPSA) is 49.0 Å². The average molecular weight is 289 g/mol. The largest absolute Gasteiger partial charge is 0.346 e. The van der Waals surface area contributed by atoms with E-state index in [1.165, 1.54) is 0 Å². The van der Waals surface area contributed by atoms with Gasteiger partial charge in [0.25, 0.3) is 0 Å². The summed E-state index contributed by atoms with van der Waals surface area (Å²) in [7, 11) is 0. The van der Waals surface area contributed by atoms with Crippen LogP contribution in [0, 0.1) is 6.92 Å². The van der Waals surface area contributed by atoms with Gasteiger partial charge >= 0.3 is 0 Å². The zero-order valence-electron chi connectivity index (χ0n) is 11.6. The molecule has 0 aromatic carbocycles. The maximum atomic E-state index is 12.3. The first-order valence-electron chi connectivity index (χ1n) is 7.04. The lowest BCUT2D eigenvalue weighted by Crippen LogP contribution is -2.40. The Kier molecular flexibility index (Phi) is 3.87. The number of H-pyrrole nitrogens is 1. The van der Waals surface area contributed by atoms with Gasteiger partial charge in [-0.15, -0.1) is 11.3 Å². The number of aryl methyl sites for hydroxylation is 1. The molecule has 0 spiro atoms. The summed E-state index contributed by atoms with van der Waals surface area (Å²) in [6.07, 6.45) is 4.56. The summed E-state index contributed by atoms with van der Waals surface area (Å²) in [5.41, 5.74) is 1.09. The van der Waals surface area contributed by atoms with Crippen LogP contribution in [0.5, 0.6) is 0 Å². The molecule has 0 bridgehead atoms. The molecule has 2 aromatic rings. The second kappa shape index (κ2) is 5.79. The van der Waals surface area contributed by atoms with Crippen molar-refractivity contribution in [2.24, 2.45) is 0 Å². The van der Waals surface area contributed by atoms with E-state index in [2.05, 4.69) is 9.97 Å². The zero-order valence-corrected chi connectivity index (χ0v) is 12.4. The molecule has 5 heteroatoms. The van der Waals surface area contributed by atoms with Crippen LogP contribution in [0.3, 0.4) is 0 Å². The molecule has 1 fully saturated rings. The van der Waals surface area contributed by atoms with Crippen molar-refractivity contribution in [1.29, 1.82) is 0 Å². The number of aromatic amines is 1. The van der Waals surface area contributed by atoms with Crippen molar-refractivity contribution in [2.75, 3.05) is 13.1 Å². The second-order valence-electron chi connectivity index (χ2n) is 5.39.